The molecule has 5 heterocycles. The summed E-state index contributed by atoms with van der Waals surface area (Å²) in [5, 5.41) is 85.4. The molecule has 17 nitrogen and oxygen atoms in total. The van der Waals surface area contributed by atoms with Gasteiger partial charge in [0.25, 0.3) is 0 Å². The third-order valence-corrected chi connectivity index (χ3v) is 17.7. The molecule has 0 bridgehead atoms. The van der Waals surface area contributed by atoms with Gasteiger partial charge in [-0.25, -0.2) is 0 Å². The summed E-state index contributed by atoms with van der Waals surface area (Å²) in [6.07, 6.45) is -11.3. The van der Waals surface area contributed by atoms with Crippen LogP contribution in [0.25, 0.3) is 0 Å². The molecule has 26 atom stereocenters. The molecule has 62 heavy (non-hydrogen) atoms. The summed E-state index contributed by atoms with van der Waals surface area (Å²) in [5.41, 5.74) is 1.25. The fourth-order valence-electron chi connectivity index (χ4n) is 14.1. The standard InChI is InChI=1S/C45H72O17/c1-19-9-12-45(56-17-19)20(2)31-28(62-45)15-26-24-8-7-22-13-23(14-30(54-6)44(22,5)25(24)10-11-43(26,31)4)58-41-37(53)38(32(48)21(3)57-41)60-42-39(33(49)27(47)18-55-42)61-40-36(52)35(51)34(50)29(16-46)59-40/h7,19-21,23-42,46-53H,8-18H2,1-6H3. The summed E-state index contributed by atoms with van der Waals surface area (Å²) in [4.78, 5) is 0. The first kappa shape index (κ1) is 46.2. The highest BCUT2D eigenvalue weighted by molar-refractivity contribution is 5.29. The van der Waals surface area contributed by atoms with Crippen LogP contribution >= 0.6 is 0 Å². The molecule has 0 aromatic rings. The molecule has 8 fully saturated rings. The minimum absolute atomic E-state index is 0.165. The summed E-state index contributed by atoms with van der Waals surface area (Å²) in [7, 11) is 1.76. The van der Waals surface area contributed by atoms with Crippen molar-refractivity contribution in [3.63, 3.8) is 0 Å². The second kappa shape index (κ2) is 17.3. The Bertz CT molecular complexity index is 1610. The Morgan fingerprint density at radius 3 is 2.21 bits per heavy atom. The lowest BCUT2D eigenvalue weighted by Gasteiger charge is -2.60. The monoisotopic (exact) mass is 884 g/mol. The third kappa shape index (κ3) is 7.40. The van der Waals surface area contributed by atoms with Crippen LogP contribution in [0.4, 0.5) is 0 Å². The van der Waals surface area contributed by atoms with Crippen LogP contribution in [0.3, 0.4) is 0 Å². The number of aliphatic hydroxyl groups excluding tert-OH is 8. The van der Waals surface area contributed by atoms with E-state index in [9.17, 15) is 40.9 Å². The number of methoxy groups -OCH3 is 1. The van der Waals surface area contributed by atoms with Crippen molar-refractivity contribution in [1.82, 2.24) is 0 Å². The van der Waals surface area contributed by atoms with Gasteiger partial charge >= 0.3 is 0 Å². The van der Waals surface area contributed by atoms with Crippen LogP contribution in [0.15, 0.2) is 11.6 Å². The zero-order valence-electron chi connectivity index (χ0n) is 36.9. The van der Waals surface area contributed by atoms with Crippen molar-refractivity contribution < 1.29 is 83.5 Å². The number of rotatable bonds is 8. The van der Waals surface area contributed by atoms with Gasteiger partial charge in [-0.1, -0.05) is 39.3 Å². The molecule has 4 aliphatic carbocycles. The fraction of sp³-hybridized carbons (Fsp3) is 0.956. The molecule has 5 saturated heterocycles. The van der Waals surface area contributed by atoms with Crippen LogP contribution < -0.4 is 0 Å². The molecule has 0 aromatic carbocycles. The molecular weight excluding hydrogens is 812 g/mol. The molecule has 354 valence electrons. The first-order valence-corrected chi connectivity index (χ1v) is 23.3. The number of hydrogen-bond donors (Lipinski definition) is 8. The highest BCUT2D eigenvalue weighted by Gasteiger charge is 2.69. The molecule has 5 aliphatic heterocycles. The Hall–Kier alpha value is -0.940. The van der Waals surface area contributed by atoms with Crippen LogP contribution in [-0.4, -0.2) is 178 Å². The largest absolute Gasteiger partial charge is 0.394 e. The maximum absolute atomic E-state index is 11.8. The van der Waals surface area contributed by atoms with Crippen molar-refractivity contribution in [2.24, 2.45) is 46.3 Å². The van der Waals surface area contributed by atoms with Crippen LogP contribution in [0.1, 0.15) is 86.0 Å². The number of hydrogen-bond acceptors (Lipinski definition) is 17. The third-order valence-electron chi connectivity index (χ3n) is 17.7. The van der Waals surface area contributed by atoms with Gasteiger partial charge in [0.15, 0.2) is 24.7 Å². The van der Waals surface area contributed by atoms with Gasteiger partial charge < -0.3 is 83.5 Å². The summed E-state index contributed by atoms with van der Waals surface area (Å²) in [5.74, 6) is 2.41. The van der Waals surface area contributed by atoms with E-state index < -0.39 is 111 Å². The summed E-state index contributed by atoms with van der Waals surface area (Å²) in [6, 6.07) is 0. The Kier molecular flexibility index (Phi) is 12.9. The second-order valence-corrected chi connectivity index (χ2v) is 20.9. The van der Waals surface area contributed by atoms with Crippen molar-refractivity contribution in [1.29, 1.82) is 0 Å². The van der Waals surface area contributed by atoms with Crippen LogP contribution in [0, 0.1) is 46.3 Å². The Morgan fingerprint density at radius 1 is 0.758 bits per heavy atom. The molecule has 26 unspecified atom stereocenters. The molecule has 0 aromatic heterocycles. The van der Waals surface area contributed by atoms with Gasteiger partial charge in [-0.2, -0.15) is 0 Å². The highest BCUT2D eigenvalue weighted by Crippen LogP contribution is 2.71. The van der Waals surface area contributed by atoms with E-state index in [1.54, 1.807) is 14.0 Å². The quantitative estimate of drug-likeness (QED) is 0.155. The molecule has 0 amide bonds. The SMILES string of the molecule is COC1CC(OC2OC(C)C(O)C(OC3OCC(O)C(O)C3OC3OC(CO)C(O)C(O)C3O)C2O)CC2=CCC3C4CC5OC6(CCC(C)CO6)C(C)C5C4(C)CCC3C21C. The van der Waals surface area contributed by atoms with E-state index in [1.807, 2.05) is 0 Å². The fourth-order valence-corrected chi connectivity index (χ4v) is 14.1. The molecular formula is C45H72O17. The van der Waals surface area contributed by atoms with Crippen LogP contribution in [-0.2, 0) is 42.6 Å². The van der Waals surface area contributed by atoms with E-state index in [0.29, 0.717) is 48.3 Å². The van der Waals surface area contributed by atoms with Gasteiger partial charge in [0.1, 0.15) is 61.0 Å². The van der Waals surface area contributed by atoms with Crippen molar-refractivity contribution in [2.45, 2.75) is 196 Å². The lowest BCUT2D eigenvalue weighted by Crippen LogP contribution is -2.65. The van der Waals surface area contributed by atoms with E-state index in [1.165, 1.54) is 5.57 Å². The van der Waals surface area contributed by atoms with E-state index in [-0.39, 0.29) is 23.0 Å². The maximum Gasteiger partial charge on any atom is 0.187 e. The molecule has 0 radical (unpaired) electrons. The minimum Gasteiger partial charge on any atom is -0.394 e. The van der Waals surface area contributed by atoms with Gasteiger partial charge in [-0.3, -0.25) is 0 Å². The normalized spacial score (nSPS) is 57.6. The van der Waals surface area contributed by atoms with E-state index >= 15 is 0 Å². The van der Waals surface area contributed by atoms with Crippen molar-refractivity contribution in [3.05, 3.63) is 11.6 Å². The Balaban J connectivity index is 0.881. The second-order valence-electron chi connectivity index (χ2n) is 20.9. The van der Waals surface area contributed by atoms with E-state index in [2.05, 4.69) is 33.8 Å². The van der Waals surface area contributed by atoms with Crippen molar-refractivity contribution >= 4 is 0 Å². The molecule has 8 N–H and O–H groups in total. The molecule has 17 heteroatoms. The van der Waals surface area contributed by atoms with Gasteiger partial charge in [-0.05, 0) is 80.5 Å². The van der Waals surface area contributed by atoms with E-state index in [0.717, 1.165) is 45.1 Å². The van der Waals surface area contributed by atoms with Crippen LogP contribution in [0.2, 0.25) is 0 Å². The molecule has 1 spiro atoms. The first-order chi connectivity index (χ1) is 29.4. The van der Waals surface area contributed by atoms with Gasteiger partial charge in [0, 0.05) is 31.3 Å². The van der Waals surface area contributed by atoms with Gasteiger partial charge in [0.05, 0.1) is 44.2 Å². The van der Waals surface area contributed by atoms with Crippen LogP contribution in [0.5, 0.6) is 0 Å². The topological polar surface area (TPSA) is 245 Å². The zero-order chi connectivity index (χ0) is 44.2. The van der Waals surface area contributed by atoms with Crippen molar-refractivity contribution in [2.75, 3.05) is 26.9 Å². The summed E-state index contributed by atoms with van der Waals surface area (Å²) < 4.78 is 55.7. The first-order valence-electron chi connectivity index (χ1n) is 23.3. The number of ether oxygens (including phenoxy) is 9. The Morgan fingerprint density at radius 2 is 1.50 bits per heavy atom. The zero-order valence-corrected chi connectivity index (χ0v) is 36.9. The summed E-state index contributed by atoms with van der Waals surface area (Å²) >= 11 is 0. The number of allylic oxidation sites excluding steroid dienone is 1. The number of fused-ring (bicyclic) bond motifs is 7. The lowest BCUT2D eigenvalue weighted by molar-refractivity contribution is -0.379. The van der Waals surface area contributed by atoms with E-state index in [4.69, 9.17) is 42.6 Å². The summed E-state index contributed by atoms with van der Waals surface area (Å²) in [6.45, 7) is 10.8. The maximum atomic E-state index is 11.8. The molecule has 3 saturated carbocycles. The van der Waals surface area contributed by atoms with Gasteiger partial charge in [-0.15, -0.1) is 0 Å². The van der Waals surface area contributed by atoms with Crippen molar-refractivity contribution in [3.8, 4) is 0 Å². The number of aliphatic hydroxyl groups is 8. The molecule has 9 rings (SSSR count). The predicted octanol–water partition coefficient (Wildman–Crippen LogP) is 0.478. The van der Waals surface area contributed by atoms with Gasteiger partial charge in [0.2, 0.25) is 0 Å². The predicted molar refractivity (Wildman–Crippen MR) is 214 cm³/mol. The molecule has 9 aliphatic rings. The lowest BCUT2D eigenvalue weighted by atomic mass is 9.46. The average Bonchev–Trinajstić information content (AvgIpc) is 3.70. The Labute approximate surface area is 363 Å². The highest BCUT2D eigenvalue weighted by atomic mass is 16.8. The minimum atomic E-state index is -1.82. The smallest absolute Gasteiger partial charge is 0.187 e. The average molecular weight is 885 g/mol.